The number of carbonyl (C=O) groups is 3. The molecule has 0 aliphatic carbocycles. The summed E-state index contributed by atoms with van der Waals surface area (Å²) in [6, 6.07) is 20.9. The van der Waals surface area contributed by atoms with Crippen LogP contribution in [0.3, 0.4) is 0 Å². The van der Waals surface area contributed by atoms with Crippen molar-refractivity contribution in [3.8, 4) is 5.75 Å². The number of hydrogen-bond donors (Lipinski definition) is 2. The lowest BCUT2D eigenvalue weighted by Crippen LogP contribution is -2.53. The maximum Gasteiger partial charge on any atom is 0.328 e. The molecule has 0 saturated carbocycles. The lowest BCUT2D eigenvalue weighted by atomic mass is 10.0. The first kappa shape index (κ1) is 26.4. The van der Waals surface area contributed by atoms with Gasteiger partial charge in [0.1, 0.15) is 30.3 Å². The first-order valence-corrected chi connectivity index (χ1v) is 11.5. The van der Waals surface area contributed by atoms with E-state index in [1.807, 2.05) is 30.3 Å². The van der Waals surface area contributed by atoms with Crippen LogP contribution < -0.4 is 15.4 Å². The molecule has 0 aromatic heterocycles. The molecule has 0 fully saturated rings. The van der Waals surface area contributed by atoms with Gasteiger partial charge in [-0.3, -0.25) is 9.59 Å². The van der Waals surface area contributed by atoms with Crippen LogP contribution in [0.15, 0.2) is 78.9 Å². The molecule has 3 rings (SSSR count). The minimum absolute atomic E-state index is 0.0700. The number of halogens is 1. The van der Waals surface area contributed by atoms with E-state index in [4.69, 9.17) is 9.47 Å². The summed E-state index contributed by atoms with van der Waals surface area (Å²) < 4.78 is 24.8. The van der Waals surface area contributed by atoms with Gasteiger partial charge in [0.05, 0.1) is 7.11 Å². The molecule has 0 heterocycles. The Morgan fingerprint density at radius 1 is 0.806 bits per heavy atom. The van der Waals surface area contributed by atoms with Crippen molar-refractivity contribution in [2.45, 2.75) is 38.5 Å². The van der Waals surface area contributed by atoms with E-state index < -0.39 is 35.7 Å². The van der Waals surface area contributed by atoms with Crippen molar-refractivity contribution < 1.29 is 28.2 Å². The SMILES string of the molecule is COC(=O)[C@H](Cc1ccc(OCc2ccccc2)cc1)NC(=O)[C@@H](Cc1ccccc1F)NC(C)=O. The first-order valence-electron chi connectivity index (χ1n) is 11.5. The molecule has 188 valence electrons. The van der Waals surface area contributed by atoms with Gasteiger partial charge in [0.25, 0.3) is 0 Å². The molecule has 0 saturated heterocycles. The second-order valence-electron chi connectivity index (χ2n) is 8.26. The van der Waals surface area contributed by atoms with Crippen LogP contribution in [-0.4, -0.2) is 37.0 Å². The third-order valence-electron chi connectivity index (χ3n) is 5.49. The Kier molecular flexibility index (Phi) is 9.56. The second kappa shape index (κ2) is 13.0. The van der Waals surface area contributed by atoms with E-state index in [2.05, 4.69) is 10.6 Å². The van der Waals surface area contributed by atoms with Crippen molar-refractivity contribution in [2.75, 3.05) is 7.11 Å². The Hall–Kier alpha value is -4.20. The first-order chi connectivity index (χ1) is 17.4. The van der Waals surface area contributed by atoms with E-state index in [9.17, 15) is 18.8 Å². The van der Waals surface area contributed by atoms with E-state index in [0.717, 1.165) is 11.1 Å². The summed E-state index contributed by atoms with van der Waals surface area (Å²) in [7, 11) is 1.23. The van der Waals surface area contributed by atoms with Crippen molar-refractivity contribution in [3.05, 3.63) is 101 Å². The average Bonchev–Trinajstić information content (AvgIpc) is 2.88. The Balaban J connectivity index is 1.66. The number of carbonyl (C=O) groups excluding carboxylic acids is 3. The van der Waals surface area contributed by atoms with Gasteiger partial charge in [-0.15, -0.1) is 0 Å². The van der Waals surface area contributed by atoms with Crippen LogP contribution in [0, 0.1) is 5.82 Å². The molecule has 3 aromatic rings. The minimum Gasteiger partial charge on any atom is -0.489 e. The van der Waals surface area contributed by atoms with Crippen LogP contribution in [0.1, 0.15) is 23.6 Å². The van der Waals surface area contributed by atoms with E-state index in [1.54, 1.807) is 30.3 Å². The predicted molar refractivity (Wildman–Crippen MR) is 133 cm³/mol. The summed E-state index contributed by atoms with van der Waals surface area (Å²) in [5, 5.41) is 5.17. The number of ether oxygens (including phenoxy) is 2. The molecule has 0 unspecified atom stereocenters. The van der Waals surface area contributed by atoms with Gasteiger partial charge < -0.3 is 20.1 Å². The number of rotatable bonds is 11. The summed E-state index contributed by atoms with van der Waals surface area (Å²) in [5.41, 5.74) is 2.08. The van der Waals surface area contributed by atoms with E-state index in [0.29, 0.717) is 12.4 Å². The molecular weight excluding hydrogens is 463 g/mol. The zero-order valence-electron chi connectivity index (χ0n) is 20.2. The van der Waals surface area contributed by atoms with Gasteiger partial charge in [-0.2, -0.15) is 0 Å². The van der Waals surface area contributed by atoms with Crippen LogP contribution in [-0.2, 0) is 38.6 Å². The van der Waals surface area contributed by atoms with E-state index in [-0.39, 0.29) is 18.4 Å². The largest absolute Gasteiger partial charge is 0.489 e. The smallest absolute Gasteiger partial charge is 0.328 e. The van der Waals surface area contributed by atoms with Gasteiger partial charge in [-0.1, -0.05) is 60.7 Å². The Morgan fingerprint density at radius 3 is 2.11 bits per heavy atom. The number of esters is 1. The summed E-state index contributed by atoms with van der Waals surface area (Å²) in [4.78, 5) is 37.1. The van der Waals surface area contributed by atoms with Gasteiger partial charge >= 0.3 is 5.97 Å². The summed E-state index contributed by atoms with van der Waals surface area (Å²) in [5.74, 6) is -1.53. The van der Waals surface area contributed by atoms with E-state index in [1.165, 1.54) is 32.2 Å². The second-order valence-corrected chi connectivity index (χ2v) is 8.26. The highest BCUT2D eigenvalue weighted by Crippen LogP contribution is 2.16. The van der Waals surface area contributed by atoms with Crippen LogP contribution >= 0.6 is 0 Å². The predicted octanol–water partition coefficient (Wildman–Crippen LogP) is 3.35. The van der Waals surface area contributed by atoms with Gasteiger partial charge in [-0.05, 0) is 34.9 Å². The molecule has 0 radical (unpaired) electrons. The topological polar surface area (TPSA) is 93.7 Å². The Bertz CT molecular complexity index is 1170. The number of methoxy groups -OCH3 is 1. The molecule has 2 amide bonds. The minimum atomic E-state index is -1.07. The highest BCUT2D eigenvalue weighted by molar-refractivity contribution is 5.90. The molecule has 0 spiro atoms. The van der Waals surface area contributed by atoms with Gasteiger partial charge in [0.15, 0.2) is 0 Å². The lowest BCUT2D eigenvalue weighted by molar-refractivity contribution is -0.145. The number of hydrogen-bond acceptors (Lipinski definition) is 5. The van der Waals surface area contributed by atoms with Crippen molar-refractivity contribution in [1.29, 1.82) is 0 Å². The van der Waals surface area contributed by atoms with Crippen LogP contribution in [0.5, 0.6) is 5.75 Å². The maximum atomic E-state index is 14.1. The monoisotopic (exact) mass is 492 g/mol. The average molecular weight is 493 g/mol. The van der Waals surface area contributed by atoms with Crippen molar-refractivity contribution >= 4 is 17.8 Å². The van der Waals surface area contributed by atoms with Gasteiger partial charge in [-0.25, -0.2) is 9.18 Å². The Labute approximate surface area is 209 Å². The summed E-state index contributed by atoms with van der Waals surface area (Å²) >= 11 is 0. The quantitative estimate of drug-likeness (QED) is 0.401. The van der Waals surface area contributed by atoms with Gasteiger partial charge in [0.2, 0.25) is 11.8 Å². The fourth-order valence-electron chi connectivity index (χ4n) is 3.64. The van der Waals surface area contributed by atoms with Crippen molar-refractivity contribution in [1.82, 2.24) is 10.6 Å². The lowest BCUT2D eigenvalue weighted by Gasteiger charge is -2.22. The molecule has 7 nitrogen and oxygen atoms in total. The van der Waals surface area contributed by atoms with Crippen LogP contribution in [0.2, 0.25) is 0 Å². The zero-order valence-corrected chi connectivity index (χ0v) is 20.2. The third kappa shape index (κ3) is 7.94. The highest BCUT2D eigenvalue weighted by Gasteiger charge is 2.28. The molecule has 2 N–H and O–H groups in total. The van der Waals surface area contributed by atoms with Crippen molar-refractivity contribution in [2.24, 2.45) is 0 Å². The van der Waals surface area contributed by atoms with Gasteiger partial charge in [0, 0.05) is 19.8 Å². The highest BCUT2D eigenvalue weighted by atomic mass is 19.1. The molecule has 0 aliphatic rings. The molecular formula is C28H29FN2O5. The van der Waals surface area contributed by atoms with Crippen LogP contribution in [0.25, 0.3) is 0 Å². The normalized spacial score (nSPS) is 12.2. The molecule has 0 aliphatic heterocycles. The van der Waals surface area contributed by atoms with E-state index >= 15 is 0 Å². The number of amides is 2. The maximum absolute atomic E-state index is 14.1. The molecule has 0 bridgehead atoms. The zero-order chi connectivity index (χ0) is 25.9. The number of benzene rings is 3. The molecule has 2 atom stereocenters. The van der Waals surface area contributed by atoms with Crippen molar-refractivity contribution in [3.63, 3.8) is 0 Å². The Morgan fingerprint density at radius 2 is 1.47 bits per heavy atom. The van der Waals surface area contributed by atoms with Crippen LogP contribution in [0.4, 0.5) is 4.39 Å². The summed E-state index contributed by atoms with van der Waals surface area (Å²) in [6.45, 7) is 1.69. The summed E-state index contributed by atoms with van der Waals surface area (Å²) in [6.07, 6.45) is 0.0866. The fourth-order valence-corrected chi connectivity index (χ4v) is 3.64. The fraction of sp³-hybridized carbons (Fsp3) is 0.250. The number of nitrogens with one attached hydrogen (secondary N) is 2. The molecule has 3 aromatic carbocycles. The molecule has 36 heavy (non-hydrogen) atoms. The molecule has 8 heteroatoms. The third-order valence-corrected chi connectivity index (χ3v) is 5.49. The standard InChI is InChI=1S/C28H29FN2O5/c1-19(32)30-25(17-22-10-6-7-11-24(22)29)27(33)31-26(28(34)35-2)16-20-12-14-23(15-13-20)36-18-21-8-4-3-5-9-21/h3-15,25-26H,16-18H2,1-2H3,(H,30,32)(H,31,33)/t25-,26+/m1/s1.